The van der Waals surface area contributed by atoms with Gasteiger partial charge in [-0.15, -0.1) is 0 Å². The summed E-state index contributed by atoms with van der Waals surface area (Å²) >= 11 is 6.62. The topological polar surface area (TPSA) is 114 Å². The Morgan fingerprint density at radius 1 is 1.18 bits per heavy atom. The number of halogens is 1. The predicted molar refractivity (Wildman–Crippen MR) is 148 cm³/mol. The van der Waals surface area contributed by atoms with E-state index < -0.39 is 6.16 Å². The first kappa shape index (κ1) is 26.5. The summed E-state index contributed by atoms with van der Waals surface area (Å²) in [5.41, 5.74) is 5.03. The van der Waals surface area contributed by atoms with Crippen LogP contribution in [0.4, 0.5) is 10.5 Å². The second-order valence-corrected chi connectivity index (χ2v) is 8.78. The number of carbonyl (C=O) groups is 1. The van der Waals surface area contributed by atoms with Crippen molar-refractivity contribution < 1.29 is 14.3 Å². The number of para-hydroxylation sites is 1. The molecule has 0 fully saturated rings. The lowest BCUT2D eigenvalue weighted by Gasteiger charge is -2.13. The molecule has 1 aromatic heterocycles. The number of rotatable bonds is 7. The highest BCUT2D eigenvalue weighted by Crippen LogP contribution is 2.32. The molecule has 1 heterocycles. The standard InChI is InChI=1S/C28H27ClN6O3/c1-4-7-25-34-26-22(29)14-20(33-27(31-2)32-17-30)15-23(26)35(25)16-18-10-12-19(13-11-18)21-8-5-6-9-24(21)38-28(36)37-3/h5-6,8-15H,4,7,16H2,1-3H3,(H2,31,32,33). The highest BCUT2D eigenvalue weighted by Gasteiger charge is 2.16. The molecule has 0 unspecified atom stereocenters. The highest BCUT2D eigenvalue weighted by molar-refractivity contribution is 6.35. The first-order valence-corrected chi connectivity index (χ1v) is 12.4. The molecule has 0 aliphatic heterocycles. The second kappa shape index (κ2) is 12.1. The van der Waals surface area contributed by atoms with Crippen LogP contribution in [0.25, 0.3) is 22.2 Å². The zero-order valence-electron chi connectivity index (χ0n) is 21.3. The quantitative estimate of drug-likeness (QED) is 0.0755. The molecule has 0 spiro atoms. The van der Waals surface area contributed by atoms with Crippen LogP contribution in [0.1, 0.15) is 24.7 Å². The van der Waals surface area contributed by atoms with Crippen molar-refractivity contribution in [1.82, 2.24) is 14.9 Å². The summed E-state index contributed by atoms with van der Waals surface area (Å²) in [7, 11) is 2.86. The molecule has 0 aliphatic carbocycles. The van der Waals surface area contributed by atoms with Crippen molar-refractivity contribution >= 4 is 40.4 Å². The van der Waals surface area contributed by atoms with Crippen molar-refractivity contribution in [3.8, 4) is 23.1 Å². The molecule has 38 heavy (non-hydrogen) atoms. The van der Waals surface area contributed by atoms with Crippen LogP contribution < -0.4 is 15.4 Å². The van der Waals surface area contributed by atoms with Crippen molar-refractivity contribution in [3.63, 3.8) is 0 Å². The number of benzene rings is 3. The van der Waals surface area contributed by atoms with E-state index in [0.29, 0.717) is 29.0 Å². The number of aromatic nitrogens is 2. The maximum Gasteiger partial charge on any atom is 0.513 e. The minimum atomic E-state index is -0.766. The zero-order chi connectivity index (χ0) is 27.1. The Morgan fingerprint density at radius 2 is 1.95 bits per heavy atom. The third-order valence-electron chi connectivity index (χ3n) is 5.87. The van der Waals surface area contributed by atoms with Gasteiger partial charge in [0.15, 0.2) is 6.19 Å². The van der Waals surface area contributed by atoms with Crippen LogP contribution in [0.3, 0.4) is 0 Å². The van der Waals surface area contributed by atoms with Crippen LogP contribution in [0, 0.1) is 11.5 Å². The second-order valence-electron chi connectivity index (χ2n) is 8.37. The zero-order valence-corrected chi connectivity index (χ0v) is 22.0. The Bertz CT molecular complexity index is 1520. The first-order chi connectivity index (χ1) is 18.5. The summed E-state index contributed by atoms with van der Waals surface area (Å²) in [5.74, 6) is 1.67. The largest absolute Gasteiger partial charge is 0.513 e. The van der Waals surface area contributed by atoms with Gasteiger partial charge in [-0.2, -0.15) is 5.26 Å². The number of anilines is 1. The lowest BCUT2D eigenvalue weighted by Crippen LogP contribution is -2.26. The Morgan fingerprint density at radius 3 is 2.63 bits per heavy atom. The van der Waals surface area contributed by atoms with Crippen molar-refractivity contribution in [2.45, 2.75) is 26.3 Å². The predicted octanol–water partition coefficient (Wildman–Crippen LogP) is 5.97. The van der Waals surface area contributed by atoms with Gasteiger partial charge in [-0.1, -0.05) is 61.0 Å². The van der Waals surface area contributed by atoms with Gasteiger partial charge in [0.2, 0.25) is 5.96 Å². The smallest absolute Gasteiger partial charge is 0.437 e. The molecule has 10 heteroatoms. The SMILES string of the molecule is CCCc1nc2c(Cl)cc(NC(=NC)NC#N)cc2n1Cc1ccc(-c2ccccc2OC(=O)OC)cc1. The summed E-state index contributed by atoms with van der Waals surface area (Å²) in [6.45, 7) is 2.69. The van der Waals surface area contributed by atoms with Gasteiger partial charge in [0, 0.05) is 31.3 Å². The molecule has 0 atom stereocenters. The van der Waals surface area contributed by atoms with Gasteiger partial charge in [0.1, 0.15) is 17.1 Å². The number of nitriles is 1. The number of ether oxygens (including phenoxy) is 2. The fourth-order valence-electron chi connectivity index (χ4n) is 4.12. The third-order valence-corrected chi connectivity index (χ3v) is 6.16. The Kier molecular flexibility index (Phi) is 8.46. The molecule has 0 saturated carbocycles. The van der Waals surface area contributed by atoms with E-state index in [2.05, 4.69) is 31.9 Å². The minimum absolute atomic E-state index is 0.315. The number of aryl methyl sites for hydroxylation is 1. The van der Waals surface area contributed by atoms with Crippen molar-refractivity contribution in [3.05, 3.63) is 77.1 Å². The molecule has 0 aliphatic rings. The van der Waals surface area contributed by atoms with Crippen LogP contribution in [-0.4, -0.2) is 35.8 Å². The molecule has 0 amide bonds. The van der Waals surface area contributed by atoms with Gasteiger partial charge in [-0.3, -0.25) is 10.3 Å². The number of nitrogens with zero attached hydrogens (tertiary/aromatic N) is 4. The van der Waals surface area contributed by atoms with E-state index in [4.69, 9.17) is 26.6 Å². The number of hydrogen-bond donors (Lipinski definition) is 2. The molecule has 2 N–H and O–H groups in total. The molecule has 0 saturated heterocycles. The van der Waals surface area contributed by atoms with E-state index in [-0.39, 0.29) is 0 Å². The minimum Gasteiger partial charge on any atom is -0.437 e. The van der Waals surface area contributed by atoms with Crippen LogP contribution in [0.15, 0.2) is 65.7 Å². The van der Waals surface area contributed by atoms with Gasteiger partial charge in [-0.05, 0) is 35.7 Å². The number of methoxy groups -OCH3 is 1. The van der Waals surface area contributed by atoms with E-state index >= 15 is 0 Å². The number of hydrogen-bond acceptors (Lipinski definition) is 6. The van der Waals surface area contributed by atoms with Gasteiger partial charge in [-0.25, -0.2) is 9.78 Å². The molecule has 4 aromatic rings. The highest BCUT2D eigenvalue weighted by atomic mass is 35.5. The number of guanidine groups is 1. The Labute approximate surface area is 225 Å². The molecule has 0 bridgehead atoms. The Balaban J connectivity index is 1.68. The van der Waals surface area contributed by atoms with Crippen molar-refractivity contribution in [2.75, 3.05) is 19.5 Å². The van der Waals surface area contributed by atoms with Gasteiger partial charge < -0.3 is 19.4 Å². The van der Waals surface area contributed by atoms with E-state index in [0.717, 1.165) is 46.4 Å². The summed E-state index contributed by atoms with van der Waals surface area (Å²) in [4.78, 5) is 20.5. The van der Waals surface area contributed by atoms with Gasteiger partial charge >= 0.3 is 6.16 Å². The van der Waals surface area contributed by atoms with Crippen LogP contribution in [0.5, 0.6) is 5.75 Å². The molecule has 4 rings (SSSR count). The fraction of sp³-hybridized carbons (Fsp3) is 0.214. The van der Waals surface area contributed by atoms with E-state index in [1.165, 1.54) is 7.11 Å². The number of fused-ring (bicyclic) bond motifs is 1. The summed E-state index contributed by atoms with van der Waals surface area (Å²) < 4.78 is 12.1. The van der Waals surface area contributed by atoms with Gasteiger partial charge in [0.25, 0.3) is 0 Å². The number of nitrogens with one attached hydrogen (secondary N) is 2. The van der Waals surface area contributed by atoms with Crippen LogP contribution >= 0.6 is 11.6 Å². The average molecular weight is 531 g/mol. The Hall–Kier alpha value is -4.55. The monoisotopic (exact) mass is 530 g/mol. The van der Waals surface area contributed by atoms with Crippen LogP contribution in [-0.2, 0) is 17.7 Å². The van der Waals surface area contributed by atoms with Crippen molar-refractivity contribution in [2.24, 2.45) is 4.99 Å². The van der Waals surface area contributed by atoms with E-state index in [9.17, 15) is 4.79 Å². The average Bonchev–Trinajstić information content (AvgIpc) is 3.26. The normalized spacial score (nSPS) is 11.2. The molecular weight excluding hydrogens is 504 g/mol. The molecular formula is C28H27ClN6O3. The lowest BCUT2D eigenvalue weighted by molar-refractivity contribution is 0.121. The summed E-state index contributed by atoms with van der Waals surface area (Å²) in [6, 6.07) is 19.1. The molecule has 9 nitrogen and oxygen atoms in total. The maximum atomic E-state index is 11.7. The maximum absolute atomic E-state index is 11.7. The lowest BCUT2D eigenvalue weighted by atomic mass is 10.0. The summed E-state index contributed by atoms with van der Waals surface area (Å²) in [6.07, 6.45) is 2.82. The number of imidazole rings is 1. The molecule has 3 aromatic carbocycles. The van der Waals surface area contributed by atoms with E-state index in [1.807, 2.05) is 48.7 Å². The third kappa shape index (κ3) is 5.88. The number of carbonyl (C=O) groups excluding carboxylic acids is 1. The number of aliphatic imine (C=N–C) groups is 1. The van der Waals surface area contributed by atoms with E-state index in [1.54, 1.807) is 25.2 Å². The van der Waals surface area contributed by atoms with Gasteiger partial charge in [0.05, 0.1) is 17.6 Å². The summed E-state index contributed by atoms with van der Waals surface area (Å²) in [5, 5.41) is 15.1. The first-order valence-electron chi connectivity index (χ1n) is 12.0. The molecule has 194 valence electrons. The van der Waals surface area contributed by atoms with Crippen molar-refractivity contribution in [1.29, 1.82) is 5.26 Å². The fourth-order valence-corrected chi connectivity index (χ4v) is 4.38. The molecule has 0 radical (unpaired) electrons. The van der Waals surface area contributed by atoms with Crippen LogP contribution in [0.2, 0.25) is 5.02 Å².